The zero-order chi connectivity index (χ0) is 15.3. The van der Waals surface area contributed by atoms with Crippen molar-refractivity contribution in [3.63, 3.8) is 0 Å². The van der Waals surface area contributed by atoms with E-state index in [-0.39, 0.29) is 17.7 Å². The Balaban J connectivity index is 2.88. The summed E-state index contributed by atoms with van der Waals surface area (Å²) in [7, 11) is 1.68. The highest BCUT2D eigenvalue weighted by atomic mass is 19.4. The topological polar surface area (TPSA) is 87.7 Å². The van der Waals surface area contributed by atoms with Gasteiger partial charge in [0.25, 0.3) is 0 Å². The van der Waals surface area contributed by atoms with Crippen LogP contribution in [0, 0.1) is 0 Å². The lowest BCUT2D eigenvalue weighted by Gasteiger charge is -2.19. The van der Waals surface area contributed by atoms with Gasteiger partial charge in [0.15, 0.2) is 5.75 Å². The first-order valence-electron chi connectivity index (χ1n) is 5.90. The van der Waals surface area contributed by atoms with E-state index in [0.29, 0.717) is 6.54 Å². The Morgan fingerprint density at radius 3 is 2.55 bits per heavy atom. The Bertz CT molecular complexity index is 440. The van der Waals surface area contributed by atoms with Crippen LogP contribution in [0.1, 0.15) is 18.1 Å². The fourth-order valence-electron chi connectivity index (χ4n) is 1.62. The summed E-state index contributed by atoms with van der Waals surface area (Å²) in [5.41, 5.74) is 5.27. The van der Waals surface area contributed by atoms with Gasteiger partial charge in [0.1, 0.15) is 6.10 Å². The largest absolute Gasteiger partial charge is 0.573 e. The third kappa shape index (κ3) is 4.87. The average Bonchev–Trinajstić information content (AvgIpc) is 2.36. The Labute approximate surface area is 114 Å². The normalized spacial score (nSPS) is 14.9. The zero-order valence-electron chi connectivity index (χ0n) is 10.8. The highest BCUT2D eigenvalue weighted by Gasteiger charge is 2.32. The molecule has 1 aromatic rings. The van der Waals surface area contributed by atoms with E-state index >= 15 is 0 Å². The number of anilines is 1. The maximum absolute atomic E-state index is 12.2. The van der Waals surface area contributed by atoms with Crippen molar-refractivity contribution in [2.45, 2.75) is 25.0 Å². The molecule has 0 aliphatic carbocycles. The Morgan fingerprint density at radius 1 is 1.35 bits per heavy atom. The maximum Gasteiger partial charge on any atom is 0.573 e. The van der Waals surface area contributed by atoms with Crippen molar-refractivity contribution in [1.29, 1.82) is 0 Å². The van der Waals surface area contributed by atoms with Crippen LogP contribution in [0.2, 0.25) is 0 Å². The fourth-order valence-corrected chi connectivity index (χ4v) is 1.62. The average molecular weight is 294 g/mol. The van der Waals surface area contributed by atoms with Crippen LogP contribution in [0.3, 0.4) is 0 Å². The number of benzene rings is 1. The third-order valence-electron chi connectivity index (χ3n) is 2.66. The molecule has 1 rings (SSSR count). The second kappa shape index (κ2) is 6.78. The number of alkyl halides is 3. The molecule has 5 N–H and O–H groups in total. The zero-order valence-corrected chi connectivity index (χ0v) is 10.8. The van der Waals surface area contributed by atoms with E-state index in [2.05, 4.69) is 10.1 Å². The molecule has 0 aromatic heterocycles. The molecule has 1 aromatic carbocycles. The van der Waals surface area contributed by atoms with Crippen LogP contribution in [-0.4, -0.2) is 36.3 Å². The van der Waals surface area contributed by atoms with Crippen molar-refractivity contribution in [3.8, 4) is 5.75 Å². The van der Waals surface area contributed by atoms with Gasteiger partial charge in [-0.1, -0.05) is 6.07 Å². The van der Waals surface area contributed by atoms with Crippen LogP contribution in [-0.2, 0) is 0 Å². The van der Waals surface area contributed by atoms with Crippen LogP contribution < -0.4 is 15.8 Å². The van der Waals surface area contributed by atoms with Gasteiger partial charge in [0.05, 0.1) is 11.8 Å². The number of aliphatic hydroxyl groups excluding tert-OH is 2. The molecule has 0 spiro atoms. The number of ether oxygens (including phenoxy) is 1. The first kappa shape index (κ1) is 16.5. The Morgan fingerprint density at radius 2 is 2.00 bits per heavy atom. The van der Waals surface area contributed by atoms with Gasteiger partial charge in [0.2, 0.25) is 0 Å². The van der Waals surface area contributed by atoms with Crippen molar-refractivity contribution < 1.29 is 28.1 Å². The van der Waals surface area contributed by atoms with Crippen LogP contribution in [0.15, 0.2) is 18.2 Å². The summed E-state index contributed by atoms with van der Waals surface area (Å²) < 4.78 is 40.3. The van der Waals surface area contributed by atoms with E-state index in [1.165, 1.54) is 12.1 Å². The van der Waals surface area contributed by atoms with Gasteiger partial charge in [-0.05, 0) is 37.7 Å². The lowest BCUT2D eigenvalue weighted by Crippen LogP contribution is -2.23. The molecule has 2 atom stereocenters. The van der Waals surface area contributed by atoms with E-state index in [0.717, 1.165) is 6.07 Å². The molecule has 0 saturated heterocycles. The summed E-state index contributed by atoms with van der Waals surface area (Å²) >= 11 is 0. The van der Waals surface area contributed by atoms with Gasteiger partial charge >= 0.3 is 6.36 Å². The number of nitrogens with two attached hydrogens (primary N) is 1. The SMILES string of the molecule is CNCCC(O)C(O)c1ccc(N)c(OC(F)(F)F)c1. The van der Waals surface area contributed by atoms with Crippen LogP contribution >= 0.6 is 0 Å². The number of hydrogen-bond donors (Lipinski definition) is 4. The van der Waals surface area contributed by atoms with Gasteiger partial charge in [-0.2, -0.15) is 0 Å². The number of nitrogen functional groups attached to an aromatic ring is 1. The number of halogens is 3. The molecule has 0 saturated carbocycles. The maximum atomic E-state index is 12.2. The smallest absolute Gasteiger partial charge is 0.404 e. The molecular weight excluding hydrogens is 277 g/mol. The summed E-state index contributed by atoms with van der Waals surface area (Å²) in [5.74, 6) is -0.602. The highest BCUT2D eigenvalue weighted by Crippen LogP contribution is 2.32. The van der Waals surface area contributed by atoms with Gasteiger partial charge in [-0.3, -0.25) is 0 Å². The molecule has 0 aliphatic rings. The second-order valence-electron chi connectivity index (χ2n) is 4.25. The molecule has 0 radical (unpaired) electrons. The third-order valence-corrected chi connectivity index (χ3v) is 2.66. The molecule has 20 heavy (non-hydrogen) atoms. The van der Waals surface area contributed by atoms with Crippen molar-refractivity contribution in [1.82, 2.24) is 5.32 Å². The predicted molar refractivity (Wildman–Crippen MR) is 67.0 cm³/mol. The fraction of sp³-hybridized carbons (Fsp3) is 0.500. The minimum absolute atomic E-state index is 0.0991. The van der Waals surface area contributed by atoms with E-state index < -0.39 is 24.3 Å². The molecule has 0 aliphatic heterocycles. The lowest BCUT2D eigenvalue weighted by molar-refractivity contribution is -0.274. The van der Waals surface area contributed by atoms with Crippen LogP contribution in [0.5, 0.6) is 5.75 Å². The van der Waals surface area contributed by atoms with E-state index in [1.54, 1.807) is 7.05 Å². The standard InChI is InChI=1S/C12H17F3N2O3/c1-17-5-4-9(18)11(19)7-2-3-8(16)10(6-7)20-12(13,14)15/h2-3,6,9,11,17-19H,4-5,16H2,1H3. The number of aliphatic hydroxyl groups is 2. The molecule has 2 unspecified atom stereocenters. The molecule has 114 valence electrons. The molecular formula is C12H17F3N2O3. The summed E-state index contributed by atoms with van der Waals surface area (Å²) in [6.07, 6.45) is -7.05. The predicted octanol–water partition coefficient (Wildman–Crippen LogP) is 1.17. The van der Waals surface area contributed by atoms with Crippen LogP contribution in [0.4, 0.5) is 18.9 Å². The summed E-state index contributed by atoms with van der Waals surface area (Å²) in [6, 6.07) is 3.49. The van der Waals surface area contributed by atoms with Gasteiger partial charge in [-0.15, -0.1) is 13.2 Å². The number of rotatable bonds is 6. The van der Waals surface area contributed by atoms with Crippen molar-refractivity contribution in [3.05, 3.63) is 23.8 Å². The minimum atomic E-state index is -4.87. The number of nitrogens with one attached hydrogen (secondary N) is 1. The molecule has 0 heterocycles. The van der Waals surface area contributed by atoms with E-state index in [4.69, 9.17) is 5.73 Å². The monoisotopic (exact) mass is 294 g/mol. The first-order chi connectivity index (χ1) is 9.24. The summed E-state index contributed by atoms with van der Waals surface area (Å²) in [4.78, 5) is 0. The van der Waals surface area contributed by atoms with Crippen LogP contribution in [0.25, 0.3) is 0 Å². The molecule has 8 heteroatoms. The molecule has 0 amide bonds. The summed E-state index contributed by atoms with van der Waals surface area (Å²) in [6.45, 7) is 0.457. The minimum Gasteiger partial charge on any atom is -0.404 e. The Hall–Kier alpha value is -1.51. The van der Waals surface area contributed by atoms with Crippen molar-refractivity contribution in [2.24, 2.45) is 0 Å². The quantitative estimate of drug-likeness (QED) is 0.592. The highest BCUT2D eigenvalue weighted by molar-refractivity contribution is 5.54. The van der Waals surface area contributed by atoms with Gasteiger partial charge < -0.3 is 26.0 Å². The second-order valence-corrected chi connectivity index (χ2v) is 4.25. The molecule has 5 nitrogen and oxygen atoms in total. The van der Waals surface area contributed by atoms with Crippen molar-refractivity contribution >= 4 is 5.69 Å². The summed E-state index contributed by atoms with van der Waals surface area (Å²) in [5, 5.41) is 22.4. The van der Waals surface area contributed by atoms with E-state index in [9.17, 15) is 23.4 Å². The lowest BCUT2D eigenvalue weighted by atomic mass is 10.0. The van der Waals surface area contributed by atoms with Crippen molar-refractivity contribution in [2.75, 3.05) is 19.3 Å². The molecule has 0 bridgehead atoms. The van der Waals surface area contributed by atoms with E-state index in [1.807, 2.05) is 0 Å². The Kier molecular flexibility index (Phi) is 5.61. The molecule has 0 fully saturated rings. The van der Waals surface area contributed by atoms with Gasteiger partial charge in [0, 0.05) is 0 Å². The first-order valence-corrected chi connectivity index (χ1v) is 5.90. The van der Waals surface area contributed by atoms with Gasteiger partial charge in [-0.25, -0.2) is 0 Å². The number of hydrogen-bond acceptors (Lipinski definition) is 5.